The molecule has 112 valence electrons. The second-order valence-corrected chi connectivity index (χ2v) is 6.10. The van der Waals surface area contributed by atoms with E-state index in [1.54, 1.807) is 6.92 Å². The molecule has 3 nitrogen and oxygen atoms in total. The Bertz CT molecular complexity index is 452. The first kappa shape index (κ1) is 16.5. The molecule has 1 N–H and O–H groups in total. The number of carbonyl (C=O) groups is 1. The molecule has 0 aromatic heterocycles. The van der Waals surface area contributed by atoms with Crippen LogP contribution in [0.2, 0.25) is 0 Å². The van der Waals surface area contributed by atoms with Crippen molar-refractivity contribution >= 4 is 5.91 Å². The molecule has 0 aliphatic carbocycles. The third-order valence-corrected chi connectivity index (χ3v) is 3.15. The van der Waals surface area contributed by atoms with Gasteiger partial charge in [0.25, 0.3) is 5.91 Å². The van der Waals surface area contributed by atoms with Crippen LogP contribution in [0.4, 0.5) is 0 Å². The van der Waals surface area contributed by atoms with Crippen LogP contribution in [-0.4, -0.2) is 18.6 Å². The van der Waals surface area contributed by atoms with E-state index in [0.717, 1.165) is 16.9 Å². The molecule has 1 aromatic rings. The molecule has 0 saturated heterocycles. The number of rotatable bonds is 6. The molecule has 1 unspecified atom stereocenters. The van der Waals surface area contributed by atoms with Gasteiger partial charge in [-0.15, -0.1) is 0 Å². The lowest BCUT2D eigenvalue weighted by Gasteiger charge is -2.19. The van der Waals surface area contributed by atoms with Gasteiger partial charge in [0.15, 0.2) is 6.10 Å². The van der Waals surface area contributed by atoms with E-state index < -0.39 is 6.10 Å². The molecule has 0 heterocycles. The molecule has 20 heavy (non-hydrogen) atoms. The summed E-state index contributed by atoms with van der Waals surface area (Å²) >= 11 is 0. The fraction of sp³-hybridized carbons (Fsp3) is 0.588. The molecule has 0 aliphatic rings. The van der Waals surface area contributed by atoms with E-state index in [2.05, 4.69) is 45.1 Å². The maximum Gasteiger partial charge on any atom is 0.260 e. The quantitative estimate of drug-likeness (QED) is 0.861. The molecular weight excluding hydrogens is 250 g/mol. The van der Waals surface area contributed by atoms with Gasteiger partial charge in [-0.05, 0) is 42.9 Å². The van der Waals surface area contributed by atoms with Gasteiger partial charge in [0.2, 0.25) is 0 Å². The molecule has 3 heteroatoms. The van der Waals surface area contributed by atoms with Gasteiger partial charge in [-0.25, -0.2) is 0 Å². The lowest BCUT2D eigenvalue weighted by molar-refractivity contribution is -0.127. The van der Waals surface area contributed by atoms with Crippen LogP contribution in [0.25, 0.3) is 0 Å². The van der Waals surface area contributed by atoms with Crippen LogP contribution >= 0.6 is 0 Å². The number of hydrogen-bond acceptors (Lipinski definition) is 2. The highest BCUT2D eigenvalue weighted by Gasteiger charge is 2.17. The molecule has 0 saturated carbocycles. The fourth-order valence-electron chi connectivity index (χ4n) is 1.91. The predicted molar refractivity (Wildman–Crippen MR) is 83.2 cm³/mol. The first-order valence-corrected chi connectivity index (χ1v) is 7.36. The lowest BCUT2D eigenvalue weighted by atomic mass is 10.0. The molecule has 0 spiro atoms. The Hall–Kier alpha value is -1.51. The summed E-state index contributed by atoms with van der Waals surface area (Å²) in [4.78, 5) is 12.0. The number of aryl methyl sites for hydroxylation is 1. The van der Waals surface area contributed by atoms with Crippen LogP contribution in [0.1, 0.15) is 51.7 Å². The summed E-state index contributed by atoms with van der Waals surface area (Å²) in [7, 11) is 0. The van der Waals surface area contributed by atoms with Crippen molar-refractivity contribution in [3.05, 3.63) is 29.3 Å². The van der Waals surface area contributed by atoms with Crippen molar-refractivity contribution in [2.24, 2.45) is 5.92 Å². The lowest BCUT2D eigenvalue weighted by Crippen LogP contribution is -2.38. The first-order valence-electron chi connectivity index (χ1n) is 7.36. The average Bonchev–Trinajstić information content (AvgIpc) is 2.35. The summed E-state index contributed by atoms with van der Waals surface area (Å²) in [5.41, 5.74) is 2.28. The van der Waals surface area contributed by atoms with Crippen LogP contribution < -0.4 is 10.1 Å². The van der Waals surface area contributed by atoms with E-state index in [1.807, 2.05) is 13.0 Å². The summed E-state index contributed by atoms with van der Waals surface area (Å²) < 4.78 is 5.87. The van der Waals surface area contributed by atoms with Crippen LogP contribution in [-0.2, 0) is 4.79 Å². The Morgan fingerprint density at radius 3 is 2.40 bits per heavy atom. The molecule has 1 amide bonds. The topological polar surface area (TPSA) is 38.3 Å². The van der Waals surface area contributed by atoms with Crippen molar-refractivity contribution in [3.63, 3.8) is 0 Å². The van der Waals surface area contributed by atoms with E-state index >= 15 is 0 Å². The second-order valence-electron chi connectivity index (χ2n) is 6.10. The predicted octanol–water partition coefficient (Wildman–Crippen LogP) is 3.66. The van der Waals surface area contributed by atoms with Crippen molar-refractivity contribution in [1.29, 1.82) is 0 Å². The normalized spacial score (nSPS) is 12.6. The van der Waals surface area contributed by atoms with E-state index in [9.17, 15) is 4.79 Å². The van der Waals surface area contributed by atoms with Crippen LogP contribution in [0.3, 0.4) is 0 Å². The number of amides is 1. The SMILES string of the molecule is Cc1ccc(C(C)C)c(OC(C)C(=O)NCC(C)C)c1. The summed E-state index contributed by atoms with van der Waals surface area (Å²) in [5.74, 6) is 1.56. The van der Waals surface area contributed by atoms with Crippen molar-refractivity contribution in [3.8, 4) is 5.75 Å². The Morgan fingerprint density at radius 2 is 1.85 bits per heavy atom. The largest absolute Gasteiger partial charge is 0.481 e. The number of benzene rings is 1. The Morgan fingerprint density at radius 1 is 1.20 bits per heavy atom. The minimum absolute atomic E-state index is 0.0603. The van der Waals surface area contributed by atoms with Gasteiger partial charge in [0, 0.05) is 6.54 Å². The Kier molecular flexibility index (Phi) is 6.05. The van der Waals surface area contributed by atoms with Crippen molar-refractivity contribution in [2.45, 2.75) is 53.6 Å². The van der Waals surface area contributed by atoms with Crippen molar-refractivity contribution in [2.75, 3.05) is 6.54 Å². The van der Waals surface area contributed by atoms with E-state index in [4.69, 9.17) is 4.74 Å². The number of hydrogen-bond donors (Lipinski definition) is 1. The van der Waals surface area contributed by atoms with Crippen molar-refractivity contribution in [1.82, 2.24) is 5.32 Å². The summed E-state index contributed by atoms with van der Waals surface area (Å²) in [6.07, 6.45) is -0.479. The minimum Gasteiger partial charge on any atom is -0.481 e. The van der Waals surface area contributed by atoms with Crippen molar-refractivity contribution < 1.29 is 9.53 Å². The first-order chi connectivity index (χ1) is 9.31. The zero-order valence-electron chi connectivity index (χ0n) is 13.5. The third kappa shape index (κ3) is 4.87. The highest BCUT2D eigenvalue weighted by Crippen LogP contribution is 2.28. The maximum atomic E-state index is 12.0. The molecule has 1 aromatic carbocycles. The Balaban J connectivity index is 2.76. The van der Waals surface area contributed by atoms with Gasteiger partial charge in [-0.3, -0.25) is 4.79 Å². The van der Waals surface area contributed by atoms with Gasteiger partial charge in [0.1, 0.15) is 5.75 Å². The monoisotopic (exact) mass is 277 g/mol. The molecule has 0 bridgehead atoms. The average molecular weight is 277 g/mol. The highest BCUT2D eigenvalue weighted by atomic mass is 16.5. The van der Waals surface area contributed by atoms with Gasteiger partial charge in [-0.1, -0.05) is 39.8 Å². The Labute approximate surface area is 122 Å². The number of nitrogens with one attached hydrogen (secondary N) is 1. The minimum atomic E-state index is -0.479. The van der Waals surface area contributed by atoms with Gasteiger partial charge in [0.05, 0.1) is 0 Å². The number of ether oxygens (including phenoxy) is 1. The molecule has 1 atom stereocenters. The molecular formula is C17H27NO2. The van der Waals surface area contributed by atoms with Crippen LogP contribution in [0.5, 0.6) is 5.75 Å². The van der Waals surface area contributed by atoms with Gasteiger partial charge in [-0.2, -0.15) is 0 Å². The van der Waals surface area contributed by atoms with Crippen LogP contribution in [0, 0.1) is 12.8 Å². The fourth-order valence-corrected chi connectivity index (χ4v) is 1.91. The zero-order valence-corrected chi connectivity index (χ0v) is 13.5. The molecule has 0 fully saturated rings. The van der Waals surface area contributed by atoms with Gasteiger partial charge < -0.3 is 10.1 Å². The summed E-state index contributed by atoms with van der Waals surface area (Å²) in [5, 5.41) is 2.90. The number of carbonyl (C=O) groups excluding carboxylic acids is 1. The zero-order chi connectivity index (χ0) is 15.3. The summed E-state index contributed by atoms with van der Waals surface area (Å²) in [6, 6.07) is 6.15. The van der Waals surface area contributed by atoms with E-state index in [1.165, 1.54) is 0 Å². The summed E-state index contributed by atoms with van der Waals surface area (Å²) in [6.45, 7) is 12.9. The maximum absolute atomic E-state index is 12.0. The standard InChI is InChI=1S/C17H27NO2/c1-11(2)10-18-17(19)14(6)20-16-9-13(5)7-8-15(16)12(3)4/h7-9,11-12,14H,10H2,1-6H3,(H,18,19). The highest BCUT2D eigenvalue weighted by molar-refractivity contribution is 5.80. The molecule has 0 radical (unpaired) electrons. The third-order valence-electron chi connectivity index (χ3n) is 3.15. The molecule has 1 rings (SSSR count). The second kappa shape index (κ2) is 7.32. The van der Waals surface area contributed by atoms with Gasteiger partial charge >= 0.3 is 0 Å². The van der Waals surface area contributed by atoms with Crippen LogP contribution in [0.15, 0.2) is 18.2 Å². The van der Waals surface area contributed by atoms with E-state index in [0.29, 0.717) is 18.4 Å². The smallest absolute Gasteiger partial charge is 0.260 e. The van der Waals surface area contributed by atoms with E-state index in [-0.39, 0.29) is 5.91 Å². The molecule has 0 aliphatic heterocycles.